The van der Waals surface area contributed by atoms with Crippen LogP contribution in [0, 0.1) is 11.6 Å². The molecule has 0 bridgehead atoms. The zero-order chi connectivity index (χ0) is 24.9. The van der Waals surface area contributed by atoms with Crippen molar-refractivity contribution in [2.24, 2.45) is 0 Å². The molecule has 2 aromatic carbocycles. The smallest absolute Gasteiger partial charge is 0.234 e. The topological polar surface area (TPSA) is 69.0 Å². The number of carbonyl (C=O) groups is 1. The number of hydrogen-bond donors (Lipinski definition) is 1. The summed E-state index contributed by atoms with van der Waals surface area (Å²) in [7, 11) is 0. The van der Waals surface area contributed by atoms with Crippen molar-refractivity contribution in [2.75, 3.05) is 11.1 Å². The Morgan fingerprint density at radius 1 is 1.21 bits per heavy atom. The molecule has 3 aromatic rings. The number of benzene rings is 2. The molecule has 1 unspecified atom stereocenters. The second-order valence-electron chi connectivity index (χ2n) is 8.74. The number of ether oxygens (including phenoxy) is 1. The average molecular weight is 487 g/mol. The first-order valence-electron chi connectivity index (χ1n) is 10.8. The third-order valence-corrected chi connectivity index (χ3v) is 5.96. The van der Waals surface area contributed by atoms with Crippen molar-refractivity contribution >= 4 is 23.4 Å². The summed E-state index contributed by atoms with van der Waals surface area (Å²) in [6.45, 7) is 12.5. The maximum atomic E-state index is 13.8. The Morgan fingerprint density at radius 3 is 2.53 bits per heavy atom. The van der Waals surface area contributed by atoms with Gasteiger partial charge >= 0.3 is 0 Å². The number of anilines is 1. The van der Waals surface area contributed by atoms with Crippen molar-refractivity contribution in [3.63, 3.8) is 0 Å². The Morgan fingerprint density at radius 2 is 1.91 bits per heavy atom. The van der Waals surface area contributed by atoms with E-state index in [0.717, 1.165) is 17.8 Å². The highest BCUT2D eigenvalue weighted by Crippen LogP contribution is 2.28. The minimum absolute atomic E-state index is 0.0321. The first kappa shape index (κ1) is 25.4. The summed E-state index contributed by atoms with van der Waals surface area (Å²) >= 11 is 1.15. The molecule has 9 heteroatoms. The number of rotatable bonds is 9. The molecule has 0 aliphatic rings. The summed E-state index contributed by atoms with van der Waals surface area (Å²) < 4.78 is 34.7. The maximum Gasteiger partial charge on any atom is 0.234 e. The quantitative estimate of drug-likeness (QED) is 0.301. The van der Waals surface area contributed by atoms with E-state index >= 15 is 0 Å². The predicted molar refractivity (Wildman–Crippen MR) is 130 cm³/mol. The Bertz CT molecular complexity index is 1160. The van der Waals surface area contributed by atoms with Crippen LogP contribution in [0.4, 0.5) is 14.5 Å². The van der Waals surface area contributed by atoms with Gasteiger partial charge in [-0.2, -0.15) is 0 Å². The lowest BCUT2D eigenvalue weighted by Gasteiger charge is -2.20. The van der Waals surface area contributed by atoms with Crippen LogP contribution in [0.1, 0.15) is 45.2 Å². The zero-order valence-electron chi connectivity index (χ0n) is 19.6. The average Bonchev–Trinajstić information content (AvgIpc) is 3.17. The molecular formula is C25H28F2N4O2S. The van der Waals surface area contributed by atoms with Crippen LogP contribution in [0.5, 0.6) is 5.75 Å². The molecule has 1 heterocycles. The lowest BCUT2D eigenvalue weighted by Crippen LogP contribution is -2.16. The molecule has 0 aliphatic heterocycles. The van der Waals surface area contributed by atoms with E-state index in [-0.39, 0.29) is 16.9 Å². The lowest BCUT2D eigenvalue weighted by atomic mass is 9.87. The van der Waals surface area contributed by atoms with Gasteiger partial charge in [-0.25, -0.2) is 8.78 Å². The number of thioether (sulfide) groups is 1. The van der Waals surface area contributed by atoms with Crippen molar-refractivity contribution in [3.8, 4) is 5.75 Å². The molecule has 34 heavy (non-hydrogen) atoms. The van der Waals surface area contributed by atoms with Crippen molar-refractivity contribution in [2.45, 2.75) is 50.9 Å². The van der Waals surface area contributed by atoms with Gasteiger partial charge in [0.25, 0.3) is 0 Å². The van der Waals surface area contributed by atoms with Gasteiger partial charge in [0.05, 0.1) is 11.4 Å². The van der Waals surface area contributed by atoms with Crippen LogP contribution in [0.3, 0.4) is 0 Å². The highest BCUT2D eigenvalue weighted by molar-refractivity contribution is 7.99. The molecule has 1 atom stereocenters. The number of hydrogen-bond acceptors (Lipinski definition) is 5. The summed E-state index contributed by atoms with van der Waals surface area (Å²) in [6.07, 6.45) is 1.31. The Kier molecular flexibility index (Phi) is 8.09. The number of nitrogens with one attached hydrogen (secondary N) is 1. The molecular weight excluding hydrogens is 458 g/mol. The van der Waals surface area contributed by atoms with Gasteiger partial charge in [-0.3, -0.25) is 9.36 Å². The van der Waals surface area contributed by atoms with E-state index in [2.05, 4.69) is 42.9 Å². The van der Waals surface area contributed by atoms with Crippen molar-refractivity contribution in [1.82, 2.24) is 14.8 Å². The van der Waals surface area contributed by atoms with E-state index in [1.54, 1.807) is 6.08 Å². The first-order valence-corrected chi connectivity index (χ1v) is 11.8. The van der Waals surface area contributed by atoms with Crippen molar-refractivity contribution in [1.29, 1.82) is 0 Å². The van der Waals surface area contributed by atoms with Crippen LogP contribution in [-0.4, -0.2) is 26.4 Å². The molecule has 0 fully saturated rings. The van der Waals surface area contributed by atoms with E-state index in [9.17, 15) is 13.6 Å². The van der Waals surface area contributed by atoms with E-state index in [4.69, 9.17) is 4.74 Å². The van der Waals surface area contributed by atoms with Crippen molar-refractivity contribution < 1.29 is 18.3 Å². The van der Waals surface area contributed by atoms with E-state index < -0.39 is 23.6 Å². The lowest BCUT2D eigenvalue weighted by molar-refractivity contribution is -0.113. The van der Waals surface area contributed by atoms with Gasteiger partial charge in [-0.1, -0.05) is 50.7 Å². The second kappa shape index (κ2) is 10.8. The summed E-state index contributed by atoms with van der Waals surface area (Å²) in [4.78, 5) is 12.3. The predicted octanol–water partition coefficient (Wildman–Crippen LogP) is 5.91. The molecule has 0 spiro atoms. The zero-order valence-corrected chi connectivity index (χ0v) is 20.5. The SMILES string of the molecule is C=CCn1c(SCC(=O)Nc2ccc(F)cc2F)nnc1C(C)Oc1ccc(C(C)(C)C)cc1. The normalized spacial score (nSPS) is 12.3. The number of nitrogens with zero attached hydrogens (tertiary/aromatic N) is 3. The molecule has 0 aliphatic carbocycles. The number of aromatic nitrogens is 3. The molecule has 6 nitrogen and oxygen atoms in total. The second-order valence-corrected chi connectivity index (χ2v) is 9.68. The van der Waals surface area contributed by atoms with Crippen LogP contribution < -0.4 is 10.1 Å². The van der Waals surface area contributed by atoms with Gasteiger partial charge in [0.2, 0.25) is 5.91 Å². The van der Waals surface area contributed by atoms with Gasteiger partial charge in [0, 0.05) is 12.6 Å². The summed E-state index contributed by atoms with van der Waals surface area (Å²) in [5, 5.41) is 11.4. The summed E-state index contributed by atoms with van der Waals surface area (Å²) in [6, 6.07) is 10.9. The van der Waals surface area contributed by atoms with Crippen LogP contribution in [-0.2, 0) is 16.8 Å². The Balaban J connectivity index is 1.67. The van der Waals surface area contributed by atoms with Gasteiger partial charge in [0.15, 0.2) is 17.1 Å². The van der Waals surface area contributed by atoms with E-state index in [1.165, 1.54) is 11.6 Å². The highest BCUT2D eigenvalue weighted by atomic mass is 32.2. The molecule has 1 N–H and O–H groups in total. The summed E-state index contributed by atoms with van der Waals surface area (Å²) in [5.74, 6) is -0.729. The van der Waals surface area contributed by atoms with Crippen LogP contribution in [0.25, 0.3) is 0 Å². The van der Waals surface area contributed by atoms with E-state index in [0.29, 0.717) is 29.3 Å². The van der Waals surface area contributed by atoms with Crippen LogP contribution in [0.2, 0.25) is 0 Å². The first-order chi connectivity index (χ1) is 16.1. The minimum atomic E-state index is -0.836. The third-order valence-electron chi connectivity index (χ3n) is 4.99. The van der Waals surface area contributed by atoms with Gasteiger partial charge in [0.1, 0.15) is 17.4 Å². The largest absolute Gasteiger partial charge is 0.483 e. The molecule has 1 aromatic heterocycles. The Labute approximate surface area is 202 Å². The Hall–Kier alpha value is -3.20. The monoisotopic (exact) mass is 486 g/mol. The molecule has 3 rings (SSSR count). The van der Waals surface area contributed by atoms with Gasteiger partial charge in [-0.05, 0) is 42.2 Å². The fraction of sp³-hybridized carbons (Fsp3) is 0.320. The molecule has 180 valence electrons. The number of carbonyl (C=O) groups excluding carboxylic acids is 1. The molecule has 1 amide bonds. The van der Waals surface area contributed by atoms with Gasteiger partial charge < -0.3 is 10.1 Å². The fourth-order valence-electron chi connectivity index (χ4n) is 3.21. The minimum Gasteiger partial charge on any atom is -0.483 e. The highest BCUT2D eigenvalue weighted by Gasteiger charge is 2.21. The van der Waals surface area contributed by atoms with Gasteiger partial charge in [-0.15, -0.1) is 16.8 Å². The fourth-order valence-corrected chi connectivity index (χ4v) is 3.96. The van der Waals surface area contributed by atoms with E-state index in [1.807, 2.05) is 35.8 Å². The van der Waals surface area contributed by atoms with Crippen molar-refractivity contribution in [3.05, 3.63) is 78.1 Å². The van der Waals surface area contributed by atoms with Crippen LogP contribution >= 0.6 is 11.8 Å². The number of halogens is 2. The molecule has 0 radical (unpaired) electrons. The number of amides is 1. The summed E-state index contributed by atoms with van der Waals surface area (Å²) in [5.41, 5.74) is 1.18. The van der Waals surface area contributed by atoms with Crippen LogP contribution in [0.15, 0.2) is 60.3 Å². The third kappa shape index (κ3) is 6.44. The maximum absolute atomic E-state index is 13.8. The molecule has 0 saturated carbocycles. The number of allylic oxidation sites excluding steroid dienone is 1. The molecule has 0 saturated heterocycles. The standard InChI is InChI=1S/C25H28F2N4O2S/c1-6-13-31-23(16(2)33-19-10-7-17(8-11-19)25(3,4)5)29-30-24(31)34-15-22(32)28-21-12-9-18(26)14-20(21)27/h6-12,14,16H,1,13,15H2,2-5H3,(H,28,32).